The highest BCUT2D eigenvalue weighted by Crippen LogP contribution is 2.45. The second-order valence-electron chi connectivity index (χ2n) is 23.3. The van der Waals surface area contributed by atoms with Gasteiger partial charge in [-0.1, -0.05) is 266 Å². The maximum Gasteiger partial charge on any atom is 0.472 e. The first-order valence-corrected chi connectivity index (χ1v) is 36.1. The van der Waals surface area contributed by atoms with Crippen molar-refractivity contribution in [2.45, 2.75) is 335 Å². The summed E-state index contributed by atoms with van der Waals surface area (Å²) in [6.45, 7) is 7.13. The molecule has 0 aliphatic heterocycles. The van der Waals surface area contributed by atoms with Crippen molar-refractivity contribution in [3.63, 3.8) is 0 Å². The minimum Gasteiger partial charge on any atom is -0.462 e. The molecule has 0 amide bonds. The molecule has 0 rings (SSSR count). The van der Waals surface area contributed by atoms with Gasteiger partial charge >= 0.3 is 39.5 Å². The molecule has 0 aromatic rings. The summed E-state index contributed by atoms with van der Waals surface area (Å²) in [5.41, 5.74) is 0. The number of aliphatic hydroxyl groups excluding tert-OH is 1. The summed E-state index contributed by atoms with van der Waals surface area (Å²) in [7, 11) is -9.88. The molecular weight excluding hydrogens is 1090 g/mol. The van der Waals surface area contributed by atoms with E-state index in [4.69, 9.17) is 37.0 Å². The van der Waals surface area contributed by atoms with Crippen molar-refractivity contribution in [3.8, 4) is 0 Å². The third kappa shape index (κ3) is 57.2. The lowest BCUT2D eigenvalue weighted by Crippen LogP contribution is -2.30. The first-order chi connectivity index (χ1) is 39.5. The highest BCUT2D eigenvalue weighted by atomic mass is 31.2. The van der Waals surface area contributed by atoms with Gasteiger partial charge in [0.25, 0.3) is 0 Å². The first kappa shape index (κ1) is 80.1. The van der Waals surface area contributed by atoms with Gasteiger partial charge in [0.15, 0.2) is 12.2 Å². The average molecular weight is 1210 g/mol. The molecule has 0 aromatic heterocycles. The van der Waals surface area contributed by atoms with Crippen LogP contribution in [0.3, 0.4) is 0 Å². The van der Waals surface area contributed by atoms with Crippen molar-refractivity contribution in [3.05, 3.63) is 0 Å². The quantitative estimate of drug-likeness (QED) is 0.0222. The molecule has 0 saturated heterocycles. The van der Waals surface area contributed by atoms with Crippen LogP contribution in [0.1, 0.15) is 317 Å². The first-order valence-electron chi connectivity index (χ1n) is 33.1. The van der Waals surface area contributed by atoms with E-state index in [0.717, 1.165) is 115 Å². The molecule has 5 atom stereocenters. The fourth-order valence-corrected chi connectivity index (χ4v) is 11.0. The molecule has 0 fully saturated rings. The number of aliphatic hydroxyl groups is 1. The van der Waals surface area contributed by atoms with E-state index in [-0.39, 0.29) is 25.7 Å². The topological polar surface area (TPSA) is 237 Å². The van der Waals surface area contributed by atoms with Gasteiger partial charge in [-0.2, -0.15) is 0 Å². The van der Waals surface area contributed by atoms with Crippen molar-refractivity contribution < 1.29 is 80.2 Å². The molecule has 0 heterocycles. The van der Waals surface area contributed by atoms with Crippen LogP contribution < -0.4 is 0 Å². The lowest BCUT2D eigenvalue weighted by molar-refractivity contribution is -0.161. The van der Waals surface area contributed by atoms with Gasteiger partial charge in [-0.05, 0) is 31.6 Å². The van der Waals surface area contributed by atoms with Gasteiger partial charge in [0.2, 0.25) is 0 Å². The summed E-state index contributed by atoms with van der Waals surface area (Å²) in [6, 6.07) is 0. The summed E-state index contributed by atoms with van der Waals surface area (Å²) in [6.07, 6.45) is 40.4. The lowest BCUT2D eigenvalue weighted by Gasteiger charge is -2.21. The predicted octanol–water partition coefficient (Wildman–Crippen LogP) is 17.4. The van der Waals surface area contributed by atoms with Crippen LogP contribution in [0, 0.1) is 5.92 Å². The maximum absolute atomic E-state index is 13.0. The van der Waals surface area contributed by atoms with Gasteiger partial charge in [-0.3, -0.25) is 37.3 Å². The van der Waals surface area contributed by atoms with Gasteiger partial charge in [-0.15, -0.1) is 0 Å². The fraction of sp³-hybridized carbons (Fsp3) is 0.937. The van der Waals surface area contributed by atoms with E-state index in [2.05, 4.69) is 34.6 Å². The Morgan fingerprint density at radius 2 is 0.561 bits per heavy atom. The molecule has 0 aliphatic rings. The highest BCUT2D eigenvalue weighted by Gasteiger charge is 2.30. The third-order valence-electron chi connectivity index (χ3n) is 14.5. The number of rotatable bonds is 63. The van der Waals surface area contributed by atoms with Crippen LogP contribution >= 0.6 is 15.6 Å². The molecule has 19 heteroatoms. The van der Waals surface area contributed by atoms with Gasteiger partial charge in [0.05, 0.1) is 26.4 Å². The number of unbranched alkanes of at least 4 members (excludes halogenated alkanes) is 35. The molecule has 17 nitrogen and oxygen atoms in total. The second kappa shape index (κ2) is 56.8. The zero-order valence-electron chi connectivity index (χ0n) is 52.6. The Morgan fingerprint density at radius 3 is 0.829 bits per heavy atom. The Hall–Kier alpha value is -1.94. The number of esters is 4. The van der Waals surface area contributed by atoms with Gasteiger partial charge in [-0.25, -0.2) is 9.13 Å². The van der Waals surface area contributed by atoms with E-state index in [0.29, 0.717) is 25.7 Å². The number of phosphoric acid groups is 2. The predicted molar refractivity (Wildman–Crippen MR) is 326 cm³/mol. The van der Waals surface area contributed by atoms with Crippen LogP contribution in [0.25, 0.3) is 0 Å². The number of carbonyl (C=O) groups is 4. The van der Waals surface area contributed by atoms with E-state index in [1.165, 1.54) is 122 Å². The van der Waals surface area contributed by atoms with Gasteiger partial charge in [0.1, 0.15) is 19.3 Å². The number of ether oxygens (including phenoxy) is 4. The Morgan fingerprint density at radius 1 is 0.329 bits per heavy atom. The van der Waals surface area contributed by atoms with E-state index in [1.54, 1.807) is 0 Å². The Kier molecular flexibility index (Phi) is 55.5. The molecule has 486 valence electrons. The third-order valence-corrected chi connectivity index (χ3v) is 16.4. The van der Waals surface area contributed by atoms with E-state index in [1.807, 2.05) is 0 Å². The van der Waals surface area contributed by atoms with Crippen LogP contribution in [-0.4, -0.2) is 96.7 Å². The Labute approximate surface area is 498 Å². The van der Waals surface area contributed by atoms with Crippen LogP contribution in [0.4, 0.5) is 0 Å². The summed E-state index contributed by atoms with van der Waals surface area (Å²) in [4.78, 5) is 72.0. The molecule has 0 aromatic carbocycles. The van der Waals surface area contributed by atoms with E-state index >= 15 is 0 Å². The number of carbonyl (C=O) groups excluding carboxylic acids is 4. The standard InChI is InChI=1S/C63H122O17P2/c1-6-9-12-15-18-20-21-25-28-33-37-42-47-61(66)74-53-59(80-63(68)49-44-39-34-29-26-23-22-24-27-31-35-40-45-56(4)5)55-78-82(71,72)76-51-57(64)50-75-81(69,70)77-54-58(52-73-60(65)46-41-36-30-17-14-11-8-3)79-62(67)48-43-38-32-19-16-13-10-7-2/h56-59,64H,6-55H2,1-5H3,(H,69,70)(H,71,72)/t57-,58+,59+/m0/s1. The SMILES string of the molecule is CCCCCCCCCCCCCCC(=O)OC[C@H](COP(=O)(O)OC[C@@H](O)COP(=O)(O)OC[C@@H](COC(=O)CCCCCCCCC)OC(=O)CCCCCCCCCC)OC(=O)CCCCCCCCCCCCCCC(C)C. The van der Waals surface area contributed by atoms with Crippen LogP contribution in [0.5, 0.6) is 0 Å². The van der Waals surface area contributed by atoms with Gasteiger partial charge < -0.3 is 33.8 Å². The molecule has 3 N–H and O–H groups in total. The zero-order chi connectivity index (χ0) is 60.6. The number of phosphoric ester groups is 2. The average Bonchev–Trinajstić information content (AvgIpc) is 3.45. The smallest absolute Gasteiger partial charge is 0.462 e. The van der Waals surface area contributed by atoms with Gasteiger partial charge in [0, 0.05) is 25.7 Å². The van der Waals surface area contributed by atoms with Crippen LogP contribution in [0.15, 0.2) is 0 Å². The van der Waals surface area contributed by atoms with Crippen molar-refractivity contribution in [2.24, 2.45) is 5.92 Å². The monoisotopic (exact) mass is 1210 g/mol. The summed E-state index contributed by atoms with van der Waals surface area (Å²) < 4.78 is 67.8. The van der Waals surface area contributed by atoms with Crippen molar-refractivity contribution in [2.75, 3.05) is 39.6 Å². The molecular formula is C63H122O17P2. The van der Waals surface area contributed by atoms with Crippen molar-refractivity contribution >= 4 is 39.5 Å². The lowest BCUT2D eigenvalue weighted by atomic mass is 10.0. The summed E-state index contributed by atoms with van der Waals surface area (Å²) in [5, 5.41) is 10.5. The molecule has 0 bridgehead atoms. The number of hydrogen-bond acceptors (Lipinski definition) is 15. The van der Waals surface area contributed by atoms with Crippen molar-refractivity contribution in [1.29, 1.82) is 0 Å². The Balaban J connectivity index is 5.19. The minimum absolute atomic E-state index is 0.105. The largest absolute Gasteiger partial charge is 0.472 e. The molecule has 0 saturated carbocycles. The fourth-order valence-electron chi connectivity index (χ4n) is 9.41. The van der Waals surface area contributed by atoms with E-state index in [9.17, 15) is 43.2 Å². The highest BCUT2D eigenvalue weighted by molar-refractivity contribution is 7.47. The van der Waals surface area contributed by atoms with E-state index < -0.39 is 97.5 Å². The molecule has 2 unspecified atom stereocenters. The van der Waals surface area contributed by atoms with Crippen LogP contribution in [-0.2, 0) is 65.4 Å². The molecule has 82 heavy (non-hydrogen) atoms. The Bertz CT molecular complexity index is 1600. The number of hydrogen-bond donors (Lipinski definition) is 3. The zero-order valence-corrected chi connectivity index (χ0v) is 54.4. The normalized spacial score (nSPS) is 14.3. The summed E-state index contributed by atoms with van der Waals surface area (Å²) >= 11 is 0. The molecule has 0 aliphatic carbocycles. The minimum atomic E-state index is -4.94. The van der Waals surface area contributed by atoms with Crippen molar-refractivity contribution in [1.82, 2.24) is 0 Å². The molecule has 0 radical (unpaired) electrons. The van der Waals surface area contributed by atoms with Crippen LogP contribution in [0.2, 0.25) is 0 Å². The summed E-state index contributed by atoms with van der Waals surface area (Å²) in [5.74, 6) is -1.36. The second-order valence-corrected chi connectivity index (χ2v) is 26.2. The maximum atomic E-state index is 13.0. The molecule has 0 spiro atoms.